The Bertz CT molecular complexity index is 1230. The number of nitrogens with one attached hydrogen (secondary N) is 1. The molecule has 1 aromatic heterocycles. The first-order chi connectivity index (χ1) is 17.3. The van der Waals surface area contributed by atoms with Crippen molar-refractivity contribution >= 4 is 11.8 Å². The van der Waals surface area contributed by atoms with Crippen LogP contribution >= 0.6 is 0 Å². The van der Waals surface area contributed by atoms with Crippen LogP contribution in [0.25, 0.3) is 0 Å². The van der Waals surface area contributed by atoms with Crippen molar-refractivity contribution in [3.63, 3.8) is 0 Å². The quantitative estimate of drug-likeness (QED) is 0.513. The molecule has 1 saturated carbocycles. The summed E-state index contributed by atoms with van der Waals surface area (Å²) < 4.78 is 0. The summed E-state index contributed by atoms with van der Waals surface area (Å²) in [6.45, 7) is 7.62. The van der Waals surface area contributed by atoms with Crippen molar-refractivity contribution in [2.24, 2.45) is 0 Å². The minimum absolute atomic E-state index is 0.0481. The number of aromatic nitrogens is 2. The van der Waals surface area contributed by atoms with Gasteiger partial charge in [-0.1, -0.05) is 62.2 Å². The van der Waals surface area contributed by atoms with Crippen LogP contribution in [0.3, 0.4) is 0 Å². The average Bonchev–Trinajstić information content (AvgIpc) is 3.60. The number of rotatable bonds is 5. The molecule has 1 unspecified atom stereocenters. The van der Waals surface area contributed by atoms with E-state index in [0.717, 1.165) is 11.3 Å². The van der Waals surface area contributed by atoms with Gasteiger partial charge >= 0.3 is 0 Å². The van der Waals surface area contributed by atoms with Crippen molar-refractivity contribution in [1.82, 2.24) is 19.8 Å². The molecular formula is C30H36N4O2. The summed E-state index contributed by atoms with van der Waals surface area (Å²) in [6, 6.07) is 18.4. The molecule has 2 fully saturated rings. The SMILES string of the molecule is CC(c1ccccc1)c1cnc(C(=O)N2CCN(C(=O)c3cccc(C4CCCC4)c3)CC2(C)C)[nH]1. The van der Waals surface area contributed by atoms with Crippen LogP contribution in [0.4, 0.5) is 0 Å². The first-order valence-electron chi connectivity index (χ1n) is 13.1. The predicted octanol–water partition coefficient (Wildman–Crippen LogP) is 5.60. The molecule has 0 radical (unpaired) electrons. The van der Waals surface area contributed by atoms with Crippen LogP contribution in [-0.4, -0.2) is 56.8 Å². The van der Waals surface area contributed by atoms with Crippen LogP contribution in [-0.2, 0) is 0 Å². The number of aromatic amines is 1. The van der Waals surface area contributed by atoms with E-state index in [1.807, 2.05) is 54.0 Å². The Labute approximate surface area is 213 Å². The summed E-state index contributed by atoms with van der Waals surface area (Å²) in [5.41, 5.74) is 3.61. The highest BCUT2D eigenvalue weighted by atomic mass is 16.2. The Kier molecular flexibility index (Phi) is 6.69. The van der Waals surface area contributed by atoms with Gasteiger partial charge in [-0.3, -0.25) is 9.59 Å². The molecule has 5 rings (SSSR count). The third-order valence-electron chi connectivity index (χ3n) is 7.96. The highest BCUT2D eigenvalue weighted by Gasteiger charge is 2.40. The summed E-state index contributed by atoms with van der Waals surface area (Å²) in [4.78, 5) is 38.3. The molecule has 0 bridgehead atoms. The summed E-state index contributed by atoms with van der Waals surface area (Å²) >= 11 is 0. The molecule has 1 N–H and O–H groups in total. The second-order valence-electron chi connectivity index (χ2n) is 10.9. The van der Waals surface area contributed by atoms with Gasteiger partial charge in [0, 0.05) is 43.0 Å². The Morgan fingerprint density at radius 2 is 1.75 bits per heavy atom. The highest BCUT2D eigenvalue weighted by Crippen LogP contribution is 2.34. The van der Waals surface area contributed by atoms with Gasteiger partial charge in [-0.05, 0) is 55.9 Å². The van der Waals surface area contributed by atoms with E-state index in [0.29, 0.717) is 31.4 Å². The Morgan fingerprint density at radius 1 is 1.00 bits per heavy atom. The van der Waals surface area contributed by atoms with E-state index < -0.39 is 5.54 Å². The first-order valence-corrected chi connectivity index (χ1v) is 13.1. The topological polar surface area (TPSA) is 69.3 Å². The Balaban J connectivity index is 1.27. The van der Waals surface area contributed by atoms with Crippen LogP contribution in [0.15, 0.2) is 60.8 Å². The molecule has 6 heteroatoms. The smallest absolute Gasteiger partial charge is 0.290 e. The van der Waals surface area contributed by atoms with Gasteiger partial charge in [0.1, 0.15) is 0 Å². The molecule has 3 aromatic rings. The number of nitrogens with zero attached hydrogens (tertiary/aromatic N) is 3. The van der Waals surface area contributed by atoms with Gasteiger partial charge in [0.2, 0.25) is 0 Å². The normalized spacial score (nSPS) is 18.9. The van der Waals surface area contributed by atoms with Crippen molar-refractivity contribution in [3.8, 4) is 0 Å². The fourth-order valence-corrected chi connectivity index (χ4v) is 5.79. The summed E-state index contributed by atoms with van der Waals surface area (Å²) in [5, 5.41) is 0. The van der Waals surface area contributed by atoms with Gasteiger partial charge in [-0.15, -0.1) is 0 Å². The summed E-state index contributed by atoms with van der Waals surface area (Å²) in [7, 11) is 0. The standard InChI is InChI=1S/C30H36N4O2/c1-21(22-10-5-4-6-11-22)26-19-31-27(32-26)29(36)34-17-16-33(20-30(34,2)3)28(35)25-15-9-14-24(18-25)23-12-7-8-13-23/h4-6,9-11,14-15,18-19,21,23H,7-8,12-13,16-17,20H2,1-3H3,(H,31,32). The van der Waals surface area contributed by atoms with E-state index in [9.17, 15) is 9.59 Å². The minimum Gasteiger partial charge on any atom is -0.337 e. The lowest BCUT2D eigenvalue weighted by atomic mass is 9.94. The number of carbonyl (C=O) groups excluding carboxylic acids is 2. The Hall–Kier alpha value is -3.41. The molecule has 1 aliphatic heterocycles. The van der Waals surface area contributed by atoms with E-state index >= 15 is 0 Å². The molecular weight excluding hydrogens is 448 g/mol. The molecule has 1 aliphatic carbocycles. The second-order valence-corrected chi connectivity index (χ2v) is 10.9. The molecule has 1 atom stereocenters. The zero-order valence-electron chi connectivity index (χ0n) is 21.5. The fourth-order valence-electron chi connectivity index (χ4n) is 5.79. The Morgan fingerprint density at radius 3 is 2.47 bits per heavy atom. The third-order valence-corrected chi connectivity index (χ3v) is 7.96. The van der Waals surface area contributed by atoms with Gasteiger partial charge < -0.3 is 14.8 Å². The van der Waals surface area contributed by atoms with Crippen LogP contribution in [0.5, 0.6) is 0 Å². The van der Waals surface area contributed by atoms with Crippen molar-refractivity contribution in [2.45, 2.75) is 63.8 Å². The van der Waals surface area contributed by atoms with E-state index in [-0.39, 0.29) is 17.7 Å². The number of hydrogen-bond donors (Lipinski definition) is 1. The zero-order chi connectivity index (χ0) is 25.3. The molecule has 188 valence electrons. The average molecular weight is 485 g/mol. The van der Waals surface area contributed by atoms with Gasteiger partial charge in [0.15, 0.2) is 5.82 Å². The van der Waals surface area contributed by atoms with Crippen LogP contribution in [0.2, 0.25) is 0 Å². The molecule has 2 aliphatic rings. The van der Waals surface area contributed by atoms with Gasteiger partial charge in [-0.25, -0.2) is 4.98 Å². The fraction of sp³-hybridized carbons (Fsp3) is 0.433. The maximum absolute atomic E-state index is 13.5. The largest absolute Gasteiger partial charge is 0.337 e. The first kappa shape index (κ1) is 24.3. The number of hydrogen-bond acceptors (Lipinski definition) is 3. The summed E-state index contributed by atoms with van der Waals surface area (Å²) in [6.07, 6.45) is 6.73. The molecule has 2 amide bonds. The van der Waals surface area contributed by atoms with Gasteiger partial charge in [0.05, 0.1) is 5.54 Å². The second kappa shape index (κ2) is 9.92. The molecule has 2 aromatic carbocycles. The molecule has 6 nitrogen and oxygen atoms in total. The van der Waals surface area contributed by atoms with Crippen molar-refractivity contribution < 1.29 is 9.59 Å². The van der Waals surface area contributed by atoms with Crippen LogP contribution in [0.1, 0.15) is 96.1 Å². The monoisotopic (exact) mass is 484 g/mol. The molecule has 0 spiro atoms. The number of imidazole rings is 1. The minimum atomic E-state index is -0.508. The van der Waals surface area contributed by atoms with Gasteiger partial charge in [0.25, 0.3) is 11.8 Å². The molecule has 1 saturated heterocycles. The van der Waals surface area contributed by atoms with Crippen LogP contribution < -0.4 is 0 Å². The van der Waals surface area contributed by atoms with Crippen LogP contribution in [0, 0.1) is 0 Å². The number of amides is 2. The maximum Gasteiger partial charge on any atom is 0.290 e. The number of benzene rings is 2. The maximum atomic E-state index is 13.5. The van der Waals surface area contributed by atoms with E-state index in [1.165, 1.54) is 36.8 Å². The lowest BCUT2D eigenvalue weighted by Crippen LogP contribution is -2.62. The molecule has 36 heavy (non-hydrogen) atoms. The van der Waals surface area contributed by atoms with E-state index in [2.05, 4.69) is 41.2 Å². The predicted molar refractivity (Wildman–Crippen MR) is 141 cm³/mol. The summed E-state index contributed by atoms with van der Waals surface area (Å²) in [5.74, 6) is 0.966. The van der Waals surface area contributed by atoms with Crippen molar-refractivity contribution in [1.29, 1.82) is 0 Å². The molecule has 2 heterocycles. The number of piperazine rings is 1. The third kappa shape index (κ3) is 4.81. The number of carbonyl (C=O) groups is 2. The van der Waals surface area contributed by atoms with E-state index in [1.54, 1.807) is 6.20 Å². The lowest BCUT2D eigenvalue weighted by molar-refractivity contribution is 0.0161. The lowest BCUT2D eigenvalue weighted by Gasteiger charge is -2.46. The van der Waals surface area contributed by atoms with Gasteiger partial charge in [-0.2, -0.15) is 0 Å². The van der Waals surface area contributed by atoms with Crippen molar-refractivity contribution in [3.05, 3.63) is 89.0 Å². The zero-order valence-corrected chi connectivity index (χ0v) is 21.5. The number of H-pyrrole nitrogens is 1. The van der Waals surface area contributed by atoms with Crippen molar-refractivity contribution in [2.75, 3.05) is 19.6 Å². The van der Waals surface area contributed by atoms with E-state index in [4.69, 9.17) is 0 Å². The highest BCUT2D eigenvalue weighted by molar-refractivity contribution is 5.95.